The molecule has 2 heterocycles. The Morgan fingerprint density at radius 3 is 2.39 bits per heavy atom. The number of phenols is 2. The number of benzene rings is 3. The molecule has 4 N–H and O–H groups in total. The van der Waals surface area contributed by atoms with Crippen molar-refractivity contribution in [1.82, 2.24) is 0 Å². The number of aromatic hydroxyl groups is 2. The lowest BCUT2D eigenvalue weighted by atomic mass is 9.49. The molecule has 1 amide bonds. The lowest BCUT2D eigenvalue weighted by Gasteiger charge is -2.56. The number of phenolic OH excluding ortho intramolecular Hbond substituents is 1. The van der Waals surface area contributed by atoms with E-state index in [1.807, 2.05) is 61.5 Å². The Labute approximate surface area is 255 Å². The molecule has 2 saturated heterocycles. The lowest BCUT2D eigenvalue weighted by Crippen LogP contribution is -2.57. The molecule has 0 aromatic heterocycles. The average Bonchev–Trinajstić information content (AvgIpc) is 3.37. The lowest BCUT2D eigenvalue weighted by molar-refractivity contribution is -0.168. The van der Waals surface area contributed by atoms with Crippen molar-refractivity contribution >= 4 is 28.9 Å². The van der Waals surface area contributed by atoms with E-state index >= 15 is 0 Å². The molecule has 8 heteroatoms. The molecule has 8 nitrogen and oxygen atoms in total. The molecule has 44 heavy (non-hydrogen) atoms. The number of ether oxygens (including phenoxy) is 1. The third-order valence-corrected chi connectivity index (χ3v) is 10.8. The fourth-order valence-corrected chi connectivity index (χ4v) is 9.06. The van der Waals surface area contributed by atoms with E-state index in [4.69, 9.17) is 4.74 Å². The van der Waals surface area contributed by atoms with Crippen molar-refractivity contribution in [2.24, 2.45) is 22.7 Å². The fraction of sp³-hybridized carbons (Fsp3) is 0.361. The van der Waals surface area contributed by atoms with Gasteiger partial charge in [0.25, 0.3) is 0 Å². The number of ketones is 1. The number of carbonyl (C=O) groups excluding carboxylic acids is 2. The molecular formula is C36H35NO7. The summed E-state index contributed by atoms with van der Waals surface area (Å²) < 4.78 is 6.65. The smallest absolute Gasteiger partial charge is 0.339 e. The number of hydrogen-bond donors (Lipinski definition) is 4. The van der Waals surface area contributed by atoms with Gasteiger partial charge in [-0.2, -0.15) is 0 Å². The zero-order chi connectivity index (χ0) is 31.0. The maximum atomic E-state index is 14.8. The van der Waals surface area contributed by atoms with E-state index in [1.165, 1.54) is 0 Å². The summed E-state index contributed by atoms with van der Waals surface area (Å²) >= 11 is 0. The van der Waals surface area contributed by atoms with Crippen LogP contribution in [0.15, 0.2) is 72.8 Å². The quantitative estimate of drug-likeness (QED) is 0.232. The van der Waals surface area contributed by atoms with E-state index < -0.39 is 34.4 Å². The first-order valence-corrected chi connectivity index (χ1v) is 15.1. The van der Waals surface area contributed by atoms with Gasteiger partial charge in [-0.3, -0.25) is 9.59 Å². The molecule has 226 valence electrons. The van der Waals surface area contributed by atoms with E-state index in [2.05, 4.69) is 18.3 Å². The maximum Gasteiger partial charge on any atom is 0.339 e. The molecule has 5 aliphatic rings. The summed E-state index contributed by atoms with van der Waals surface area (Å²) in [6.45, 7) is 4.16. The molecule has 6 atom stereocenters. The zero-order valence-electron chi connectivity index (χ0n) is 24.7. The van der Waals surface area contributed by atoms with Crippen molar-refractivity contribution in [3.05, 3.63) is 83.9 Å². The molecule has 3 aliphatic carbocycles. The topological polar surface area (TPSA) is 133 Å². The average molecular weight is 594 g/mol. The van der Waals surface area contributed by atoms with Gasteiger partial charge < -0.3 is 25.4 Å². The third kappa shape index (κ3) is 4.11. The van der Waals surface area contributed by atoms with Crippen molar-refractivity contribution in [2.75, 3.05) is 5.32 Å². The van der Waals surface area contributed by atoms with Gasteiger partial charge in [0.2, 0.25) is 5.91 Å². The number of aromatic carboxylic acids is 1. The standard InChI is InChI=1S/C36H35NO7/c1-34(15-14-28(39)37-29-26(38)13-12-24(30(29)40)33(42)43)31-27-16-21-17-36(31,19-35(21,2)44-27)18-25(32(34)41)23-11-7-6-10-22(23)20-8-4-3-5-9-20/h3-13,18,21,27,31,38,40H,14-17,19H2,1-2H3,(H,37,39)(H,42,43)/t21-,27-,31-,34-,35-,36+/m0/s1. The van der Waals surface area contributed by atoms with Crippen LogP contribution in [0.1, 0.15) is 61.9 Å². The monoisotopic (exact) mass is 593 g/mol. The zero-order valence-corrected chi connectivity index (χ0v) is 24.7. The van der Waals surface area contributed by atoms with E-state index in [0.717, 1.165) is 48.1 Å². The van der Waals surface area contributed by atoms with Gasteiger partial charge >= 0.3 is 5.97 Å². The Morgan fingerprint density at radius 1 is 0.977 bits per heavy atom. The Balaban J connectivity index is 1.26. The second-order valence-electron chi connectivity index (χ2n) is 13.4. The minimum atomic E-state index is -1.39. The number of amides is 1. The highest BCUT2D eigenvalue weighted by Gasteiger charge is 2.72. The number of carbonyl (C=O) groups is 3. The largest absolute Gasteiger partial charge is 0.506 e. The van der Waals surface area contributed by atoms with Crippen LogP contribution < -0.4 is 5.32 Å². The summed E-state index contributed by atoms with van der Waals surface area (Å²) in [7, 11) is 0. The maximum absolute atomic E-state index is 14.8. The normalized spacial score (nSPS) is 31.5. The van der Waals surface area contributed by atoms with Crippen LogP contribution in [-0.2, 0) is 14.3 Å². The van der Waals surface area contributed by atoms with E-state index in [1.54, 1.807) is 0 Å². The van der Waals surface area contributed by atoms with Gasteiger partial charge in [-0.15, -0.1) is 0 Å². The number of allylic oxidation sites excluding steroid dienone is 2. The van der Waals surface area contributed by atoms with Crippen LogP contribution in [0.5, 0.6) is 11.5 Å². The minimum absolute atomic E-state index is 0.0228. The number of anilines is 1. The predicted molar refractivity (Wildman–Crippen MR) is 164 cm³/mol. The Morgan fingerprint density at radius 2 is 1.68 bits per heavy atom. The van der Waals surface area contributed by atoms with Crippen LogP contribution >= 0.6 is 0 Å². The molecule has 2 saturated carbocycles. The number of nitrogens with one attached hydrogen (secondary N) is 1. The first-order valence-electron chi connectivity index (χ1n) is 15.1. The number of rotatable bonds is 7. The fourth-order valence-electron chi connectivity index (χ4n) is 9.06. The van der Waals surface area contributed by atoms with Gasteiger partial charge in [0.1, 0.15) is 17.0 Å². The highest BCUT2D eigenvalue weighted by Crippen LogP contribution is 2.72. The molecule has 8 rings (SSSR count). The van der Waals surface area contributed by atoms with E-state index in [-0.39, 0.29) is 47.4 Å². The summed E-state index contributed by atoms with van der Waals surface area (Å²) in [6, 6.07) is 20.2. The first-order chi connectivity index (χ1) is 21.0. The number of Topliss-reactive ketones (excluding diaryl/α,β-unsaturated/α-hetero) is 1. The van der Waals surface area contributed by atoms with Crippen LogP contribution in [0.2, 0.25) is 0 Å². The van der Waals surface area contributed by atoms with Crippen molar-refractivity contribution < 1.29 is 34.4 Å². The Hall–Kier alpha value is -4.43. The Bertz CT molecular complexity index is 1750. The van der Waals surface area contributed by atoms with Crippen molar-refractivity contribution in [3.8, 4) is 22.6 Å². The summed E-state index contributed by atoms with van der Waals surface area (Å²) in [5.74, 6) is -2.82. The number of hydrogen-bond acceptors (Lipinski definition) is 6. The second kappa shape index (κ2) is 9.79. The van der Waals surface area contributed by atoms with Gasteiger partial charge in [0.15, 0.2) is 11.5 Å². The molecule has 4 fully saturated rings. The number of carboxylic acids is 1. The summed E-state index contributed by atoms with van der Waals surface area (Å²) in [6.07, 6.45) is 4.94. The van der Waals surface area contributed by atoms with Gasteiger partial charge in [0.05, 0.1) is 11.7 Å². The van der Waals surface area contributed by atoms with Crippen molar-refractivity contribution in [1.29, 1.82) is 0 Å². The number of carboxylic acid groups (broad SMARTS) is 1. The first kappa shape index (κ1) is 28.3. The highest BCUT2D eigenvalue weighted by molar-refractivity contribution is 6.25. The van der Waals surface area contributed by atoms with E-state index in [0.29, 0.717) is 11.5 Å². The predicted octanol–water partition coefficient (Wildman–Crippen LogP) is 6.43. The molecule has 3 aromatic carbocycles. The Kier molecular flexibility index (Phi) is 6.31. The van der Waals surface area contributed by atoms with Crippen LogP contribution in [0, 0.1) is 22.7 Å². The summed E-state index contributed by atoms with van der Waals surface area (Å²) in [5.41, 5.74) is 1.34. The third-order valence-electron chi connectivity index (χ3n) is 10.8. The molecule has 0 unspecified atom stereocenters. The molecule has 0 radical (unpaired) electrons. The van der Waals surface area contributed by atoms with Crippen LogP contribution in [0.3, 0.4) is 0 Å². The molecule has 1 spiro atoms. The minimum Gasteiger partial charge on any atom is -0.506 e. The second-order valence-corrected chi connectivity index (χ2v) is 13.4. The van der Waals surface area contributed by atoms with Gasteiger partial charge in [-0.05, 0) is 72.8 Å². The van der Waals surface area contributed by atoms with Crippen molar-refractivity contribution in [3.63, 3.8) is 0 Å². The van der Waals surface area contributed by atoms with E-state index in [9.17, 15) is 29.7 Å². The molecule has 3 aromatic rings. The van der Waals surface area contributed by atoms with Crippen LogP contribution in [-0.4, -0.2) is 44.7 Å². The van der Waals surface area contributed by atoms with Crippen LogP contribution in [0.4, 0.5) is 5.69 Å². The van der Waals surface area contributed by atoms with Gasteiger partial charge in [0, 0.05) is 23.3 Å². The molecule has 2 aliphatic heterocycles. The van der Waals surface area contributed by atoms with Crippen molar-refractivity contribution in [2.45, 2.75) is 57.7 Å². The molecule has 4 bridgehead atoms. The molecular weight excluding hydrogens is 558 g/mol. The van der Waals surface area contributed by atoms with Gasteiger partial charge in [-0.1, -0.05) is 67.6 Å². The summed E-state index contributed by atoms with van der Waals surface area (Å²) in [5, 5.41) is 32.6. The highest BCUT2D eigenvalue weighted by atomic mass is 16.5. The van der Waals surface area contributed by atoms with Gasteiger partial charge in [-0.25, -0.2) is 4.79 Å². The summed E-state index contributed by atoms with van der Waals surface area (Å²) in [4.78, 5) is 39.6. The van der Waals surface area contributed by atoms with Crippen LogP contribution in [0.25, 0.3) is 16.7 Å². The SMILES string of the molecule is C[C@]12C[C@@]34C=C(c5ccccc5-c5ccccc5)C(=O)[C@@](C)(CCC(=O)Nc5c(O)ccc(C(=O)O)c5O)[C@@H]3[C@H](C[C@H]1C4)O2.